The first kappa shape index (κ1) is 12.6. The molecule has 1 heterocycles. The van der Waals surface area contributed by atoms with E-state index in [1.54, 1.807) is 4.90 Å². The molecule has 0 bridgehead atoms. The minimum absolute atomic E-state index is 0.0256. The van der Waals surface area contributed by atoms with Crippen molar-refractivity contribution in [3.63, 3.8) is 0 Å². The average molecular weight is 246 g/mol. The molecule has 0 saturated carbocycles. The predicted octanol–water partition coefficient (Wildman–Crippen LogP) is 1.14. The van der Waals surface area contributed by atoms with E-state index in [1.807, 2.05) is 37.3 Å². The molecule has 1 N–H and O–H groups in total. The summed E-state index contributed by atoms with van der Waals surface area (Å²) in [5.41, 5.74) is 1.02. The molecule has 0 aliphatic carbocycles. The van der Waals surface area contributed by atoms with E-state index in [9.17, 15) is 9.59 Å². The molecule has 1 aliphatic rings. The van der Waals surface area contributed by atoms with Crippen molar-refractivity contribution in [2.75, 3.05) is 19.6 Å². The number of carbonyl (C=O) groups excluding carboxylic acids is 2. The van der Waals surface area contributed by atoms with Gasteiger partial charge in [-0.3, -0.25) is 9.59 Å². The Bertz CT molecular complexity index is 431. The Morgan fingerprint density at radius 1 is 1.28 bits per heavy atom. The Kier molecular flexibility index (Phi) is 3.97. The van der Waals surface area contributed by atoms with Crippen LogP contribution in [-0.4, -0.2) is 36.3 Å². The van der Waals surface area contributed by atoms with E-state index in [-0.39, 0.29) is 17.7 Å². The number of benzene rings is 1. The summed E-state index contributed by atoms with van der Waals surface area (Å²) in [6.07, 6.45) is 0.396. The predicted molar refractivity (Wildman–Crippen MR) is 69.1 cm³/mol. The third kappa shape index (κ3) is 2.88. The van der Waals surface area contributed by atoms with Crippen LogP contribution in [0.25, 0.3) is 0 Å². The lowest BCUT2D eigenvalue weighted by molar-refractivity contribution is -0.132. The van der Waals surface area contributed by atoms with Gasteiger partial charge in [0.25, 0.3) is 0 Å². The van der Waals surface area contributed by atoms with Crippen molar-refractivity contribution in [2.45, 2.75) is 19.3 Å². The molecule has 4 nitrogen and oxygen atoms in total. The second-order valence-electron chi connectivity index (χ2n) is 4.56. The fraction of sp³-hybridized carbons (Fsp3) is 0.429. The standard InChI is InChI=1S/C14H18N2O2/c1-11(12-5-3-2-4-6-12)14(18)16-9-7-13(17)15-8-10-16/h2-6,11H,7-10H2,1H3,(H,15,17). The molecular formula is C14H18N2O2. The van der Waals surface area contributed by atoms with Crippen molar-refractivity contribution < 1.29 is 9.59 Å². The van der Waals surface area contributed by atoms with Crippen molar-refractivity contribution >= 4 is 11.8 Å². The molecule has 18 heavy (non-hydrogen) atoms. The quantitative estimate of drug-likeness (QED) is 0.850. The largest absolute Gasteiger partial charge is 0.354 e. The van der Waals surface area contributed by atoms with Gasteiger partial charge in [-0.05, 0) is 12.5 Å². The number of hydrogen-bond acceptors (Lipinski definition) is 2. The van der Waals surface area contributed by atoms with Gasteiger partial charge in [0.05, 0.1) is 5.92 Å². The van der Waals surface area contributed by atoms with E-state index in [2.05, 4.69) is 5.32 Å². The second-order valence-corrected chi connectivity index (χ2v) is 4.56. The highest BCUT2D eigenvalue weighted by atomic mass is 16.2. The maximum absolute atomic E-state index is 12.3. The molecule has 1 aromatic carbocycles. The lowest BCUT2D eigenvalue weighted by Crippen LogP contribution is -2.36. The van der Waals surface area contributed by atoms with Gasteiger partial charge in [-0.2, -0.15) is 0 Å². The van der Waals surface area contributed by atoms with Crippen LogP contribution in [0.4, 0.5) is 0 Å². The molecule has 0 aromatic heterocycles. The van der Waals surface area contributed by atoms with Gasteiger partial charge in [-0.25, -0.2) is 0 Å². The van der Waals surface area contributed by atoms with Crippen molar-refractivity contribution in [1.82, 2.24) is 10.2 Å². The summed E-state index contributed by atoms with van der Waals surface area (Å²) in [4.78, 5) is 25.4. The van der Waals surface area contributed by atoms with Gasteiger partial charge in [0.1, 0.15) is 0 Å². The Morgan fingerprint density at radius 2 is 2.00 bits per heavy atom. The molecular weight excluding hydrogens is 228 g/mol. The number of carbonyl (C=O) groups is 2. The van der Waals surface area contributed by atoms with Gasteiger partial charge >= 0.3 is 0 Å². The minimum Gasteiger partial charge on any atom is -0.354 e. The van der Waals surface area contributed by atoms with Crippen LogP contribution in [0.1, 0.15) is 24.8 Å². The van der Waals surface area contributed by atoms with Crippen LogP contribution >= 0.6 is 0 Å². The molecule has 1 atom stereocenters. The SMILES string of the molecule is CC(C(=O)N1CCNC(=O)CC1)c1ccccc1. The highest BCUT2D eigenvalue weighted by Crippen LogP contribution is 2.18. The molecule has 2 amide bonds. The van der Waals surface area contributed by atoms with Gasteiger partial charge < -0.3 is 10.2 Å². The molecule has 4 heteroatoms. The Balaban J connectivity index is 2.04. The third-order valence-corrected chi connectivity index (χ3v) is 3.29. The van der Waals surface area contributed by atoms with Crippen molar-refractivity contribution in [1.29, 1.82) is 0 Å². The summed E-state index contributed by atoms with van der Waals surface area (Å²) in [7, 11) is 0. The topological polar surface area (TPSA) is 49.4 Å². The highest BCUT2D eigenvalue weighted by Gasteiger charge is 2.23. The molecule has 0 radical (unpaired) electrons. The zero-order valence-corrected chi connectivity index (χ0v) is 10.6. The van der Waals surface area contributed by atoms with E-state index in [0.717, 1.165) is 5.56 Å². The van der Waals surface area contributed by atoms with E-state index in [1.165, 1.54) is 0 Å². The molecule has 1 aliphatic heterocycles. The number of amides is 2. The first-order valence-electron chi connectivity index (χ1n) is 6.29. The van der Waals surface area contributed by atoms with E-state index in [0.29, 0.717) is 26.1 Å². The Morgan fingerprint density at radius 3 is 2.72 bits per heavy atom. The molecule has 0 spiro atoms. The lowest BCUT2D eigenvalue weighted by Gasteiger charge is -2.23. The zero-order chi connectivity index (χ0) is 13.0. The normalized spacial score (nSPS) is 17.8. The molecule has 1 unspecified atom stereocenters. The van der Waals surface area contributed by atoms with Gasteiger partial charge in [-0.1, -0.05) is 30.3 Å². The zero-order valence-electron chi connectivity index (χ0n) is 10.6. The fourth-order valence-electron chi connectivity index (χ4n) is 2.15. The Labute approximate surface area is 107 Å². The molecule has 1 saturated heterocycles. The second kappa shape index (κ2) is 5.67. The molecule has 2 rings (SSSR count). The maximum atomic E-state index is 12.3. The van der Waals surface area contributed by atoms with Crippen molar-refractivity contribution in [2.24, 2.45) is 0 Å². The summed E-state index contributed by atoms with van der Waals surface area (Å²) in [6, 6.07) is 9.74. The summed E-state index contributed by atoms with van der Waals surface area (Å²) in [6.45, 7) is 3.58. The first-order valence-corrected chi connectivity index (χ1v) is 6.29. The first-order chi connectivity index (χ1) is 8.68. The monoisotopic (exact) mass is 246 g/mol. The highest BCUT2D eigenvalue weighted by molar-refractivity contribution is 5.84. The van der Waals surface area contributed by atoms with Gasteiger partial charge in [0.2, 0.25) is 11.8 Å². The van der Waals surface area contributed by atoms with Gasteiger partial charge in [-0.15, -0.1) is 0 Å². The average Bonchev–Trinajstić information content (AvgIpc) is 2.63. The summed E-state index contributed by atoms with van der Waals surface area (Å²) >= 11 is 0. The van der Waals surface area contributed by atoms with Crippen LogP contribution in [0.2, 0.25) is 0 Å². The smallest absolute Gasteiger partial charge is 0.229 e. The van der Waals surface area contributed by atoms with Crippen LogP contribution in [0.5, 0.6) is 0 Å². The van der Waals surface area contributed by atoms with Gasteiger partial charge in [0.15, 0.2) is 0 Å². The fourth-order valence-corrected chi connectivity index (χ4v) is 2.15. The lowest BCUT2D eigenvalue weighted by atomic mass is 10.00. The van der Waals surface area contributed by atoms with Crippen LogP contribution in [0.15, 0.2) is 30.3 Å². The number of nitrogens with one attached hydrogen (secondary N) is 1. The summed E-state index contributed by atoms with van der Waals surface area (Å²) < 4.78 is 0. The number of rotatable bonds is 2. The third-order valence-electron chi connectivity index (χ3n) is 3.29. The minimum atomic E-state index is -0.153. The maximum Gasteiger partial charge on any atom is 0.229 e. The summed E-state index contributed by atoms with van der Waals surface area (Å²) in [5, 5.41) is 2.78. The van der Waals surface area contributed by atoms with E-state index >= 15 is 0 Å². The summed E-state index contributed by atoms with van der Waals surface area (Å²) in [5.74, 6) is -0.0326. The molecule has 96 valence electrons. The molecule has 1 fully saturated rings. The van der Waals surface area contributed by atoms with Gasteiger partial charge in [0, 0.05) is 26.1 Å². The van der Waals surface area contributed by atoms with Crippen molar-refractivity contribution in [3.05, 3.63) is 35.9 Å². The number of hydrogen-bond donors (Lipinski definition) is 1. The van der Waals surface area contributed by atoms with Crippen LogP contribution < -0.4 is 5.32 Å². The van der Waals surface area contributed by atoms with Crippen LogP contribution in [0.3, 0.4) is 0 Å². The van der Waals surface area contributed by atoms with E-state index < -0.39 is 0 Å². The van der Waals surface area contributed by atoms with Crippen molar-refractivity contribution in [3.8, 4) is 0 Å². The van der Waals surface area contributed by atoms with Crippen LogP contribution in [0, 0.1) is 0 Å². The molecule has 1 aromatic rings. The van der Waals surface area contributed by atoms with Crippen LogP contribution in [-0.2, 0) is 9.59 Å². The number of nitrogens with zero attached hydrogens (tertiary/aromatic N) is 1. The van der Waals surface area contributed by atoms with E-state index in [4.69, 9.17) is 0 Å². The Hall–Kier alpha value is -1.84.